The Morgan fingerprint density at radius 2 is 1.62 bits per heavy atom. The van der Waals surface area contributed by atoms with Gasteiger partial charge in [-0.1, -0.05) is 36.2 Å². The third-order valence-electron chi connectivity index (χ3n) is 3.26. The zero-order valence-corrected chi connectivity index (χ0v) is 15.3. The van der Waals surface area contributed by atoms with E-state index in [0.29, 0.717) is 19.3 Å². The van der Waals surface area contributed by atoms with Gasteiger partial charge in [0, 0.05) is 10.5 Å². The van der Waals surface area contributed by atoms with Crippen LogP contribution in [-0.4, -0.2) is 19.8 Å². The standard InChI is InChI=1S/C17H28BrNO2/c1-5-9-15(19-10-6-2)13-11-16(20-7-3)17(21-8-4)12-14(13)18/h11-12,15,19H,5-10H2,1-4H3. The molecule has 1 rings (SSSR count). The minimum Gasteiger partial charge on any atom is -0.490 e. The van der Waals surface area contributed by atoms with Crippen molar-refractivity contribution in [3.63, 3.8) is 0 Å². The van der Waals surface area contributed by atoms with E-state index < -0.39 is 0 Å². The van der Waals surface area contributed by atoms with E-state index in [1.165, 1.54) is 5.56 Å². The van der Waals surface area contributed by atoms with E-state index in [1.54, 1.807) is 0 Å². The van der Waals surface area contributed by atoms with Crippen molar-refractivity contribution in [2.45, 2.75) is 53.0 Å². The molecule has 0 aliphatic heterocycles. The number of halogens is 1. The molecular weight excluding hydrogens is 330 g/mol. The van der Waals surface area contributed by atoms with Crippen LogP contribution < -0.4 is 14.8 Å². The van der Waals surface area contributed by atoms with Gasteiger partial charge in [0.15, 0.2) is 11.5 Å². The predicted molar refractivity (Wildman–Crippen MR) is 92.4 cm³/mol. The van der Waals surface area contributed by atoms with Gasteiger partial charge in [-0.2, -0.15) is 0 Å². The lowest BCUT2D eigenvalue weighted by Crippen LogP contribution is -2.22. The van der Waals surface area contributed by atoms with Gasteiger partial charge < -0.3 is 14.8 Å². The third kappa shape index (κ3) is 5.51. The Morgan fingerprint density at radius 3 is 2.14 bits per heavy atom. The van der Waals surface area contributed by atoms with Gasteiger partial charge in [-0.15, -0.1) is 0 Å². The van der Waals surface area contributed by atoms with Gasteiger partial charge in [0.1, 0.15) is 0 Å². The predicted octanol–water partition coefficient (Wildman–Crippen LogP) is 5.09. The van der Waals surface area contributed by atoms with E-state index in [9.17, 15) is 0 Å². The average molecular weight is 358 g/mol. The largest absolute Gasteiger partial charge is 0.490 e. The van der Waals surface area contributed by atoms with Crippen LogP contribution in [0.15, 0.2) is 16.6 Å². The van der Waals surface area contributed by atoms with Gasteiger partial charge in [-0.05, 0) is 50.9 Å². The maximum Gasteiger partial charge on any atom is 0.162 e. The second-order valence-corrected chi connectivity index (χ2v) is 5.84. The first-order valence-corrected chi connectivity index (χ1v) is 8.79. The number of nitrogens with one attached hydrogen (secondary N) is 1. The Balaban J connectivity index is 3.10. The van der Waals surface area contributed by atoms with E-state index in [0.717, 1.165) is 41.8 Å². The molecule has 0 heterocycles. The van der Waals surface area contributed by atoms with Gasteiger partial charge in [-0.25, -0.2) is 0 Å². The maximum absolute atomic E-state index is 5.74. The summed E-state index contributed by atoms with van der Waals surface area (Å²) < 4.78 is 12.5. The third-order valence-corrected chi connectivity index (χ3v) is 3.94. The number of hydrogen-bond acceptors (Lipinski definition) is 3. The molecule has 120 valence electrons. The minimum atomic E-state index is 0.346. The highest BCUT2D eigenvalue weighted by molar-refractivity contribution is 9.10. The highest BCUT2D eigenvalue weighted by atomic mass is 79.9. The van der Waals surface area contributed by atoms with Crippen LogP contribution in [0.4, 0.5) is 0 Å². The van der Waals surface area contributed by atoms with Crippen molar-refractivity contribution in [3.05, 3.63) is 22.2 Å². The quantitative estimate of drug-likeness (QED) is 0.632. The molecule has 1 aromatic carbocycles. The van der Waals surface area contributed by atoms with Gasteiger partial charge in [0.2, 0.25) is 0 Å². The number of rotatable bonds is 10. The molecule has 0 fully saturated rings. The fourth-order valence-corrected chi connectivity index (χ4v) is 2.93. The molecule has 0 saturated heterocycles. The lowest BCUT2D eigenvalue weighted by atomic mass is 10.0. The van der Waals surface area contributed by atoms with Crippen molar-refractivity contribution in [1.82, 2.24) is 5.32 Å². The lowest BCUT2D eigenvalue weighted by molar-refractivity contribution is 0.286. The summed E-state index contributed by atoms with van der Waals surface area (Å²) >= 11 is 3.69. The van der Waals surface area contributed by atoms with Crippen molar-refractivity contribution >= 4 is 15.9 Å². The van der Waals surface area contributed by atoms with E-state index in [2.05, 4.69) is 41.2 Å². The van der Waals surface area contributed by atoms with Gasteiger partial charge in [0.05, 0.1) is 13.2 Å². The Morgan fingerprint density at radius 1 is 1.00 bits per heavy atom. The fraction of sp³-hybridized carbons (Fsp3) is 0.647. The second-order valence-electron chi connectivity index (χ2n) is 4.98. The molecule has 0 aliphatic carbocycles. The summed E-state index contributed by atoms with van der Waals surface area (Å²) in [5, 5.41) is 3.62. The van der Waals surface area contributed by atoms with Gasteiger partial charge in [0.25, 0.3) is 0 Å². The van der Waals surface area contributed by atoms with Gasteiger partial charge >= 0.3 is 0 Å². The van der Waals surface area contributed by atoms with E-state index in [1.807, 2.05) is 19.9 Å². The normalized spacial score (nSPS) is 12.2. The second kappa shape index (κ2) is 10.1. The van der Waals surface area contributed by atoms with Crippen LogP contribution in [0.5, 0.6) is 11.5 Å². The Bertz CT molecular complexity index is 423. The van der Waals surface area contributed by atoms with Crippen LogP contribution in [-0.2, 0) is 0 Å². The lowest BCUT2D eigenvalue weighted by Gasteiger charge is -2.22. The minimum absolute atomic E-state index is 0.346. The molecular formula is C17H28BrNO2. The molecule has 1 aromatic rings. The zero-order valence-electron chi connectivity index (χ0n) is 13.7. The summed E-state index contributed by atoms with van der Waals surface area (Å²) in [6.45, 7) is 10.7. The summed E-state index contributed by atoms with van der Waals surface area (Å²) in [4.78, 5) is 0. The van der Waals surface area contributed by atoms with E-state index in [-0.39, 0.29) is 0 Å². The van der Waals surface area contributed by atoms with E-state index >= 15 is 0 Å². The molecule has 0 radical (unpaired) electrons. The summed E-state index contributed by atoms with van der Waals surface area (Å²) in [5.74, 6) is 1.64. The van der Waals surface area contributed by atoms with Crippen LogP contribution in [0.2, 0.25) is 0 Å². The van der Waals surface area contributed by atoms with Crippen molar-refractivity contribution in [3.8, 4) is 11.5 Å². The average Bonchev–Trinajstić information content (AvgIpc) is 2.47. The first-order valence-electron chi connectivity index (χ1n) is 8.00. The van der Waals surface area contributed by atoms with Crippen molar-refractivity contribution in [2.75, 3.05) is 19.8 Å². The molecule has 1 unspecified atom stereocenters. The SMILES string of the molecule is CCCNC(CCC)c1cc(OCC)c(OCC)cc1Br. The van der Waals surface area contributed by atoms with Gasteiger partial charge in [-0.3, -0.25) is 0 Å². The Hall–Kier alpha value is -0.740. The molecule has 0 aliphatic rings. The Labute approximate surface area is 137 Å². The summed E-state index contributed by atoms with van der Waals surface area (Å²) in [7, 11) is 0. The summed E-state index contributed by atoms with van der Waals surface area (Å²) in [6.07, 6.45) is 3.39. The molecule has 21 heavy (non-hydrogen) atoms. The molecule has 4 heteroatoms. The monoisotopic (exact) mass is 357 g/mol. The highest BCUT2D eigenvalue weighted by Gasteiger charge is 2.17. The highest BCUT2D eigenvalue weighted by Crippen LogP contribution is 2.37. The first kappa shape index (κ1) is 18.3. The van der Waals surface area contributed by atoms with E-state index in [4.69, 9.17) is 9.47 Å². The first-order chi connectivity index (χ1) is 10.2. The van der Waals surface area contributed by atoms with Crippen LogP contribution in [0.25, 0.3) is 0 Å². The summed E-state index contributed by atoms with van der Waals surface area (Å²) in [5.41, 5.74) is 1.25. The van der Waals surface area contributed by atoms with Crippen LogP contribution >= 0.6 is 15.9 Å². The number of benzene rings is 1. The van der Waals surface area contributed by atoms with Crippen LogP contribution in [0, 0.1) is 0 Å². The molecule has 0 amide bonds. The molecule has 0 spiro atoms. The summed E-state index contributed by atoms with van der Waals surface area (Å²) in [6, 6.07) is 4.49. The molecule has 3 nitrogen and oxygen atoms in total. The molecule has 1 atom stereocenters. The molecule has 0 bridgehead atoms. The van der Waals surface area contributed by atoms with Crippen LogP contribution in [0.3, 0.4) is 0 Å². The van der Waals surface area contributed by atoms with Crippen molar-refractivity contribution in [2.24, 2.45) is 0 Å². The smallest absolute Gasteiger partial charge is 0.162 e. The topological polar surface area (TPSA) is 30.5 Å². The molecule has 1 N–H and O–H groups in total. The van der Waals surface area contributed by atoms with Crippen LogP contribution in [0.1, 0.15) is 58.6 Å². The van der Waals surface area contributed by atoms with Crippen molar-refractivity contribution < 1.29 is 9.47 Å². The number of hydrogen-bond donors (Lipinski definition) is 1. The Kier molecular flexibility index (Phi) is 8.77. The molecule has 0 saturated carbocycles. The number of ether oxygens (including phenoxy) is 2. The fourth-order valence-electron chi connectivity index (χ4n) is 2.33. The van der Waals surface area contributed by atoms with Crippen molar-refractivity contribution in [1.29, 1.82) is 0 Å². The zero-order chi connectivity index (χ0) is 15.7. The maximum atomic E-state index is 5.74. The molecule has 0 aromatic heterocycles.